The van der Waals surface area contributed by atoms with Crippen molar-refractivity contribution in [3.05, 3.63) is 53.1 Å². The summed E-state index contributed by atoms with van der Waals surface area (Å²) in [5.74, 6) is 1.07. The summed E-state index contributed by atoms with van der Waals surface area (Å²) in [6.07, 6.45) is 0.176. The van der Waals surface area contributed by atoms with Gasteiger partial charge in [-0.25, -0.2) is 4.39 Å². The van der Waals surface area contributed by atoms with Crippen molar-refractivity contribution in [2.45, 2.75) is 12.3 Å². The lowest BCUT2D eigenvalue weighted by Gasteiger charge is -2.17. The molecule has 142 valence electrons. The fourth-order valence-electron chi connectivity index (χ4n) is 3.35. The summed E-state index contributed by atoms with van der Waals surface area (Å²) in [5, 5.41) is 4.32. The Hall–Kier alpha value is -3.13. The van der Waals surface area contributed by atoms with E-state index in [2.05, 4.69) is 10.1 Å². The fourth-order valence-corrected chi connectivity index (χ4v) is 3.57. The lowest BCUT2D eigenvalue weighted by atomic mass is 10.1. The normalized spacial score (nSPS) is 18.1. The standard InChI is InChI=1S/C19H13ClFN3O4/c20-13-3-2-12(21)7-14(13)24-8-11(6-17(24)25)19-22-18(23-28-19)10-1-4-15-16(5-10)27-9-26-15/h1-5,7,11H,6,8-9H2. The number of hydrogen-bond acceptors (Lipinski definition) is 6. The summed E-state index contributed by atoms with van der Waals surface area (Å²) < 4.78 is 29.6. The molecule has 7 nitrogen and oxygen atoms in total. The van der Waals surface area contributed by atoms with Gasteiger partial charge in [0.15, 0.2) is 11.5 Å². The van der Waals surface area contributed by atoms with E-state index in [1.165, 1.54) is 23.1 Å². The van der Waals surface area contributed by atoms with E-state index in [4.69, 9.17) is 25.6 Å². The highest BCUT2D eigenvalue weighted by molar-refractivity contribution is 6.33. The first kappa shape index (κ1) is 17.0. The summed E-state index contributed by atoms with van der Waals surface area (Å²) in [6.45, 7) is 0.462. The molecule has 3 aromatic rings. The zero-order chi connectivity index (χ0) is 19.3. The zero-order valence-corrected chi connectivity index (χ0v) is 15.1. The van der Waals surface area contributed by atoms with Gasteiger partial charge in [-0.1, -0.05) is 16.8 Å². The van der Waals surface area contributed by atoms with Gasteiger partial charge in [0.25, 0.3) is 0 Å². The monoisotopic (exact) mass is 401 g/mol. The number of fused-ring (bicyclic) bond motifs is 1. The lowest BCUT2D eigenvalue weighted by molar-refractivity contribution is -0.117. The Bertz CT molecular complexity index is 1090. The molecule has 0 saturated carbocycles. The van der Waals surface area contributed by atoms with Crippen LogP contribution in [-0.4, -0.2) is 29.4 Å². The second-order valence-corrected chi connectivity index (χ2v) is 6.93. The quantitative estimate of drug-likeness (QED) is 0.664. The summed E-state index contributed by atoms with van der Waals surface area (Å²) in [7, 11) is 0. The van der Waals surface area contributed by atoms with E-state index < -0.39 is 5.82 Å². The van der Waals surface area contributed by atoms with Crippen LogP contribution in [0.3, 0.4) is 0 Å². The van der Waals surface area contributed by atoms with Gasteiger partial charge in [0.1, 0.15) is 5.82 Å². The highest BCUT2D eigenvalue weighted by atomic mass is 35.5. The largest absolute Gasteiger partial charge is 0.454 e. The van der Waals surface area contributed by atoms with Crippen LogP contribution in [0.4, 0.5) is 10.1 Å². The van der Waals surface area contributed by atoms with Crippen molar-refractivity contribution < 1.29 is 23.2 Å². The second kappa shape index (κ2) is 6.49. The van der Waals surface area contributed by atoms with Gasteiger partial charge < -0.3 is 18.9 Å². The third kappa shape index (κ3) is 2.86. The summed E-state index contributed by atoms with van der Waals surface area (Å²) in [6, 6.07) is 9.28. The predicted molar refractivity (Wildman–Crippen MR) is 97.0 cm³/mol. The number of anilines is 1. The minimum absolute atomic E-state index is 0.176. The van der Waals surface area contributed by atoms with Crippen LogP contribution in [0.1, 0.15) is 18.2 Å². The first-order chi connectivity index (χ1) is 13.6. The van der Waals surface area contributed by atoms with Gasteiger partial charge in [-0.2, -0.15) is 4.98 Å². The number of carbonyl (C=O) groups is 1. The second-order valence-electron chi connectivity index (χ2n) is 6.53. The van der Waals surface area contributed by atoms with Gasteiger partial charge in [0, 0.05) is 18.5 Å². The van der Waals surface area contributed by atoms with Crippen molar-refractivity contribution >= 4 is 23.2 Å². The first-order valence-corrected chi connectivity index (χ1v) is 8.95. The molecule has 0 bridgehead atoms. The van der Waals surface area contributed by atoms with E-state index >= 15 is 0 Å². The van der Waals surface area contributed by atoms with Crippen molar-refractivity contribution in [3.63, 3.8) is 0 Å². The molecule has 3 heterocycles. The van der Waals surface area contributed by atoms with Crippen LogP contribution in [0.5, 0.6) is 11.5 Å². The van der Waals surface area contributed by atoms with Crippen LogP contribution in [0.25, 0.3) is 11.4 Å². The maximum absolute atomic E-state index is 13.6. The number of nitrogens with zero attached hydrogens (tertiary/aromatic N) is 3. The van der Waals surface area contributed by atoms with Crippen molar-refractivity contribution in [2.75, 3.05) is 18.2 Å². The predicted octanol–water partition coefficient (Wildman–Crippen LogP) is 3.78. The Morgan fingerprint density at radius 2 is 2.00 bits per heavy atom. The molecule has 0 N–H and O–H groups in total. The van der Waals surface area contributed by atoms with Gasteiger partial charge in [-0.3, -0.25) is 4.79 Å². The number of halogens is 2. The highest BCUT2D eigenvalue weighted by Crippen LogP contribution is 2.37. The maximum Gasteiger partial charge on any atom is 0.232 e. The van der Waals surface area contributed by atoms with E-state index in [9.17, 15) is 9.18 Å². The van der Waals surface area contributed by atoms with Crippen molar-refractivity contribution in [2.24, 2.45) is 0 Å². The van der Waals surface area contributed by atoms with Crippen LogP contribution >= 0.6 is 11.6 Å². The Morgan fingerprint density at radius 1 is 1.14 bits per heavy atom. The zero-order valence-electron chi connectivity index (χ0n) is 14.4. The maximum atomic E-state index is 13.6. The lowest BCUT2D eigenvalue weighted by Crippen LogP contribution is -2.24. The minimum atomic E-state index is -0.460. The number of aromatic nitrogens is 2. The van der Waals surface area contributed by atoms with E-state index in [1.54, 1.807) is 18.2 Å². The smallest absolute Gasteiger partial charge is 0.232 e. The molecule has 5 rings (SSSR count). The number of amides is 1. The molecule has 1 aromatic heterocycles. The molecule has 0 radical (unpaired) electrons. The number of ether oxygens (including phenoxy) is 2. The summed E-state index contributed by atoms with van der Waals surface area (Å²) >= 11 is 6.13. The van der Waals surface area contributed by atoms with Crippen LogP contribution in [0.2, 0.25) is 5.02 Å². The Morgan fingerprint density at radius 3 is 2.89 bits per heavy atom. The third-order valence-electron chi connectivity index (χ3n) is 4.75. The molecule has 9 heteroatoms. The van der Waals surface area contributed by atoms with Gasteiger partial charge in [-0.05, 0) is 36.4 Å². The molecule has 1 atom stereocenters. The molecule has 2 aliphatic heterocycles. The molecule has 0 spiro atoms. The Kier molecular flexibility index (Phi) is 3.94. The van der Waals surface area contributed by atoms with Gasteiger partial charge in [0.2, 0.25) is 24.4 Å². The molecular formula is C19H13ClFN3O4. The average Bonchev–Trinajstić information content (AvgIpc) is 3.42. The van der Waals surface area contributed by atoms with E-state index in [1.807, 2.05) is 0 Å². The summed E-state index contributed by atoms with van der Waals surface area (Å²) in [4.78, 5) is 18.3. The third-order valence-corrected chi connectivity index (χ3v) is 5.07. The van der Waals surface area contributed by atoms with E-state index in [0.29, 0.717) is 39.5 Å². The molecule has 1 unspecified atom stereocenters. The number of rotatable bonds is 3. The number of benzene rings is 2. The van der Waals surface area contributed by atoms with Crippen molar-refractivity contribution in [1.82, 2.24) is 10.1 Å². The molecule has 1 amide bonds. The van der Waals surface area contributed by atoms with Crippen LogP contribution in [0, 0.1) is 5.82 Å². The average molecular weight is 402 g/mol. The molecular weight excluding hydrogens is 389 g/mol. The highest BCUT2D eigenvalue weighted by Gasteiger charge is 2.36. The number of carbonyl (C=O) groups excluding carboxylic acids is 1. The van der Waals surface area contributed by atoms with E-state index in [0.717, 1.165) is 0 Å². The van der Waals surface area contributed by atoms with E-state index in [-0.39, 0.29) is 31.6 Å². The van der Waals surface area contributed by atoms with Gasteiger partial charge in [-0.15, -0.1) is 0 Å². The fraction of sp³-hybridized carbons (Fsp3) is 0.211. The molecule has 2 aromatic carbocycles. The molecule has 2 aliphatic rings. The minimum Gasteiger partial charge on any atom is -0.454 e. The Balaban J connectivity index is 1.39. The Labute approximate surface area is 163 Å². The SMILES string of the molecule is O=C1CC(c2nc(-c3ccc4c(c3)OCO4)no2)CN1c1cc(F)ccc1Cl. The van der Waals surface area contributed by atoms with Crippen LogP contribution in [0.15, 0.2) is 40.9 Å². The van der Waals surface area contributed by atoms with Crippen LogP contribution < -0.4 is 14.4 Å². The van der Waals surface area contributed by atoms with Gasteiger partial charge >= 0.3 is 0 Å². The van der Waals surface area contributed by atoms with Crippen LogP contribution in [-0.2, 0) is 4.79 Å². The van der Waals surface area contributed by atoms with Gasteiger partial charge in [0.05, 0.1) is 16.6 Å². The molecule has 0 aliphatic carbocycles. The number of hydrogen-bond donors (Lipinski definition) is 0. The first-order valence-electron chi connectivity index (χ1n) is 8.57. The van der Waals surface area contributed by atoms with Crippen molar-refractivity contribution in [3.8, 4) is 22.9 Å². The summed E-state index contributed by atoms with van der Waals surface area (Å²) in [5.41, 5.74) is 1.05. The van der Waals surface area contributed by atoms with Crippen molar-refractivity contribution in [1.29, 1.82) is 0 Å². The molecule has 1 saturated heterocycles. The molecule has 28 heavy (non-hydrogen) atoms. The topological polar surface area (TPSA) is 77.7 Å². The molecule has 1 fully saturated rings.